The standard InChI is InChI=1S/C13H18BrClN2O.ClH/c1-3-13(4-2,8-16)17-12(18)10-6-5-9(15)7-11(10)14;/h5-7H,3-4,8,16H2,1-2H3,(H,17,18);1H. The minimum atomic E-state index is -0.337. The van der Waals surface area contributed by atoms with Gasteiger partial charge >= 0.3 is 0 Å². The molecule has 0 saturated heterocycles. The van der Waals surface area contributed by atoms with Crippen LogP contribution in [0.2, 0.25) is 5.02 Å². The van der Waals surface area contributed by atoms with Crippen LogP contribution in [0, 0.1) is 0 Å². The van der Waals surface area contributed by atoms with E-state index in [0.29, 0.717) is 21.6 Å². The van der Waals surface area contributed by atoms with Gasteiger partial charge in [0.05, 0.1) is 11.1 Å². The number of hydrogen-bond acceptors (Lipinski definition) is 2. The maximum absolute atomic E-state index is 12.2. The minimum absolute atomic E-state index is 0. The van der Waals surface area contributed by atoms with Crippen molar-refractivity contribution in [3.05, 3.63) is 33.3 Å². The number of rotatable bonds is 5. The fraction of sp³-hybridized carbons (Fsp3) is 0.462. The molecule has 1 amide bonds. The van der Waals surface area contributed by atoms with Crippen molar-refractivity contribution in [2.75, 3.05) is 6.54 Å². The van der Waals surface area contributed by atoms with Crippen LogP contribution < -0.4 is 11.1 Å². The summed E-state index contributed by atoms with van der Waals surface area (Å²) in [6.07, 6.45) is 1.61. The van der Waals surface area contributed by atoms with E-state index in [2.05, 4.69) is 21.2 Å². The zero-order valence-electron chi connectivity index (χ0n) is 11.0. The lowest BCUT2D eigenvalue weighted by Crippen LogP contribution is -2.52. The predicted molar refractivity (Wildman–Crippen MR) is 86.2 cm³/mol. The van der Waals surface area contributed by atoms with Gasteiger partial charge in [0.15, 0.2) is 0 Å². The average molecular weight is 370 g/mol. The van der Waals surface area contributed by atoms with Crippen LogP contribution in [0.15, 0.2) is 22.7 Å². The largest absolute Gasteiger partial charge is 0.345 e. The molecule has 0 spiro atoms. The molecule has 3 nitrogen and oxygen atoms in total. The molecule has 0 aliphatic heterocycles. The van der Waals surface area contributed by atoms with Crippen molar-refractivity contribution in [2.45, 2.75) is 32.2 Å². The molecular weight excluding hydrogens is 351 g/mol. The van der Waals surface area contributed by atoms with Crippen molar-refractivity contribution in [3.63, 3.8) is 0 Å². The lowest BCUT2D eigenvalue weighted by molar-refractivity contribution is 0.0894. The Morgan fingerprint density at radius 3 is 2.42 bits per heavy atom. The summed E-state index contributed by atoms with van der Waals surface area (Å²) in [7, 11) is 0. The van der Waals surface area contributed by atoms with Gasteiger partial charge in [-0.25, -0.2) is 0 Å². The predicted octanol–water partition coefficient (Wildman–Crippen LogP) is 3.77. The summed E-state index contributed by atoms with van der Waals surface area (Å²) in [6.45, 7) is 4.47. The van der Waals surface area contributed by atoms with E-state index in [-0.39, 0.29) is 23.9 Å². The molecule has 0 unspecified atom stereocenters. The van der Waals surface area contributed by atoms with Gasteiger partial charge in [-0.1, -0.05) is 25.4 Å². The highest BCUT2D eigenvalue weighted by Gasteiger charge is 2.27. The van der Waals surface area contributed by atoms with Crippen LogP contribution in [0.5, 0.6) is 0 Å². The second-order valence-corrected chi connectivity index (χ2v) is 5.56. The minimum Gasteiger partial charge on any atom is -0.345 e. The van der Waals surface area contributed by atoms with Crippen molar-refractivity contribution in [2.24, 2.45) is 5.73 Å². The van der Waals surface area contributed by atoms with Crippen LogP contribution in [0.4, 0.5) is 0 Å². The SMILES string of the molecule is CCC(CC)(CN)NC(=O)c1ccc(Cl)cc1Br.Cl. The summed E-state index contributed by atoms with van der Waals surface area (Å²) in [4.78, 5) is 12.2. The Bertz CT molecular complexity index is 428. The first kappa shape index (κ1) is 18.7. The monoisotopic (exact) mass is 368 g/mol. The summed E-state index contributed by atoms with van der Waals surface area (Å²) in [5.41, 5.74) is 6.00. The second-order valence-electron chi connectivity index (χ2n) is 4.27. The van der Waals surface area contributed by atoms with E-state index in [0.717, 1.165) is 12.8 Å². The third-order valence-corrected chi connectivity index (χ3v) is 4.19. The van der Waals surface area contributed by atoms with Crippen LogP contribution in [0.1, 0.15) is 37.0 Å². The molecule has 108 valence electrons. The van der Waals surface area contributed by atoms with Gasteiger partial charge in [0.2, 0.25) is 0 Å². The fourth-order valence-electron chi connectivity index (χ4n) is 1.75. The van der Waals surface area contributed by atoms with Crippen LogP contribution in [0.25, 0.3) is 0 Å². The lowest BCUT2D eigenvalue weighted by atomic mass is 9.92. The topological polar surface area (TPSA) is 55.1 Å². The first-order chi connectivity index (χ1) is 8.48. The van der Waals surface area contributed by atoms with Gasteiger partial charge in [0, 0.05) is 16.0 Å². The van der Waals surface area contributed by atoms with Gasteiger partial charge in [-0.3, -0.25) is 4.79 Å². The Balaban J connectivity index is 0.00000324. The normalized spacial score (nSPS) is 10.8. The van der Waals surface area contributed by atoms with Crippen molar-refractivity contribution in [1.29, 1.82) is 0 Å². The average Bonchev–Trinajstić information content (AvgIpc) is 2.36. The highest BCUT2D eigenvalue weighted by atomic mass is 79.9. The number of amides is 1. The van der Waals surface area contributed by atoms with E-state index < -0.39 is 0 Å². The van der Waals surface area contributed by atoms with Gasteiger partial charge in [0.1, 0.15) is 0 Å². The Kier molecular flexibility index (Phi) is 7.98. The molecule has 0 bridgehead atoms. The lowest BCUT2D eigenvalue weighted by Gasteiger charge is -2.31. The second kappa shape index (κ2) is 8.10. The number of halogens is 3. The van der Waals surface area contributed by atoms with Gasteiger partial charge in [-0.05, 0) is 47.0 Å². The molecule has 0 aliphatic rings. The molecule has 6 heteroatoms. The quantitative estimate of drug-likeness (QED) is 0.829. The van der Waals surface area contributed by atoms with Gasteiger partial charge < -0.3 is 11.1 Å². The van der Waals surface area contributed by atoms with Gasteiger partial charge in [0.25, 0.3) is 5.91 Å². The van der Waals surface area contributed by atoms with Crippen molar-refractivity contribution in [3.8, 4) is 0 Å². The summed E-state index contributed by atoms with van der Waals surface area (Å²) in [5.74, 6) is -0.132. The molecule has 3 N–H and O–H groups in total. The van der Waals surface area contributed by atoms with E-state index in [9.17, 15) is 4.79 Å². The Labute approximate surface area is 133 Å². The fourth-order valence-corrected chi connectivity index (χ4v) is 2.61. The molecule has 19 heavy (non-hydrogen) atoms. The number of nitrogens with one attached hydrogen (secondary N) is 1. The molecule has 0 aromatic heterocycles. The number of carbonyl (C=O) groups is 1. The van der Waals surface area contributed by atoms with Crippen molar-refractivity contribution < 1.29 is 4.79 Å². The smallest absolute Gasteiger partial charge is 0.252 e. The highest BCUT2D eigenvalue weighted by molar-refractivity contribution is 9.10. The molecule has 1 rings (SSSR count). The molecule has 0 heterocycles. The Hall–Kier alpha value is -0.290. The Morgan fingerprint density at radius 1 is 1.42 bits per heavy atom. The maximum Gasteiger partial charge on any atom is 0.252 e. The molecule has 0 aliphatic carbocycles. The van der Waals surface area contributed by atoms with Crippen LogP contribution in [0.3, 0.4) is 0 Å². The summed E-state index contributed by atoms with van der Waals surface area (Å²) < 4.78 is 0.686. The molecule has 1 aromatic carbocycles. The van der Waals surface area contributed by atoms with Gasteiger partial charge in [-0.2, -0.15) is 0 Å². The first-order valence-electron chi connectivity index (χ1n) is 5.95. The van der Waals surface area contributed by atoms with E-state index in [4.69, 9.17) is 17.3 Å². The first-order valence-corrected chi connectivity index (χ1v) is 7.12. The molecule has 0 saturated carbocycles. The number of hydrogen-bond donors (Lipinski definition) is 2. The van der Waals surface area contributed by atoms with Crippen LogP contribution in [-0.2, 0) is 0 Å². The highest BCUT2D eigenvalue weighted by Crippen LogP contribution is 2.23. The third kappa shape index (κ3) is 4.63. The molecule has 0 fully saturated rings. The molecule has 0 atom stereocenters. The molecule has 1 aromatic rings. The Morgan fingerprint density at radius 2 is 2.00 bits per heavy atom. The van der Waals surface area contributed by atoms with Crippen LogP contribution in [-0.4, -0.2) is 18.0 Å². The van der Waals surface area contributed by atoms with E-state index in [1.165, 1.54) is 0 Å². The third-order valence-electron chi connectivity index (χ3n) is 3.30. The summed E-state index contributed by atoms with van der Waals surface area (Å²) >= 11 is 9.20. The zero-order chi connectivity index (χ0) is 13.8. The van der Waals surface area contributed by atoms with E-state index in [1.54, 1.807) is 18.2 Å². The molecule has 0 radical (unpaired) electrons. The van der Waals surface area contributed by atoms with E-state index >= 15 is 0 Å². The maximum atomic E-state index is 12.2. The molecular formula is C13H19BrCl2N2O. The van der Waals surface area contributed by atoms with Gasteiger partial charge in [-0.15, -0.1) is 12.4 Å². The summed E-state index contributed by atoms with van der Waals surface area (Å²) in [5, 5.41) is 3.61. The summed E-state index contributed by atoms with van der Waals surface area (Å²) in [6, 6.07) is 5.11. The van der Waals surface area contributed by atoms with E-state index in [1.807, 2.05) is 13.8 Å². The number of nitrogens with two attached hydrogens (primary N) is 1. The van der Waals surface area contributed by atoms with Crippen molar-refractivity contribution in [1.82, 2.24) is 5.32 Å². The van der Waals surface area contributed by atoms with Crippen molar-refractivity contribution >= 4 is 45.8 Å². The number of benzene rings is 1. The van der Waals surface area contributed by atoms with Crippen LogP contribution >= 0.6 is 39.9 Å². The number of carbonyl (C=O) groups excluding carboxylic acids is 1. The zero-order valence-corrected chi connectivity index (χ0v) is 14.2.